The molecule has 6 N–H and O–H groups in total. The van der Waals surface area contributed by atoms with Crippen LogP contribution in [-0.4, -0.2) is 38.5 Å². The number of anilines is 1. The van der Waals surface area contributed by atoms with Gasteiger partial charge in [0, 0.05) is 34.6 Å². The number of allylic oxidation sites excluding steroid dienone is 1. The molecule has 0 fully saturated rings. The van der Waals surface area contributed by atoms with Gasteiger partial charge in [-0.25, -0.2) is 4.98 Å². The molecule has 31 heavy (non-hydrogen) atoms. The van der Waals surface area contributed by atoms with E-state index in [1.54, 1.807) is 38.2 Å². The third kappa shape index (κ3) is 4.95. The summed E-state index contributed by atoms with van der Waals surface area (Å²) in [6.07, 6.45) is 3.09. The molecule has 3 aromatic rings. The summed E-state index contributed by atoms with van der Waals surface area (Å²) in [6.45, 7) is 7.04. The fourth-order valence-electron chi connectivity index (χ4n) is 2.86. The van der Waals surface area contributed by atoms with Crippen molar-refractivity contribution in [2.45, 2.75) is 33.7 Å². The van der Waals surface area contributed by atoms with Gasteiger partial charge in [-0.3, -0.25) is 20.0 Å². The Morgan fingerprint density at radius 1 is 1.16 bits per heavy atom. The fourth-order valence-corrected chi connectivity index (χ4v) is 2.86. The first kappa shape index (κ1) is 21.7. The van der Waals surface area contributed by atoms with Crippen LogP contribution < -0.4 is 16.4 Å². The van der Waals surface area contributed by atoms with Gasteiger partial charge >= 0.3 is 0 Å². The molecule has 2 amide bonds. The second-order valence-corrected chi connectivity index (χ2v) is 7.54. The lowest BCUT2D eigenvalue weighted by atomic mass is 10.1. The highest BCUT2D eigenvalue weighted by Gasteiger charge is 2.15. The number of nitrogens with zero attached hydrogens (tertiary/aromatic N) is 2. The van der Waals surface area contributed by atoms with Gasteiger partial charge in [0.25, 0.3) is 11.8 Å². The van der Waals surface area contributed by atoms with Crippen LogP contribution in [0.5, 0.6) is 0 Å². The number of carbonyl (C=O) groups is 2. The smallest absolute Gasteiger partial charge is 0.273 e. The third-order valence-electron chi connectivity index (χ3n) is 4.64. The van der Waals surface area contributed by atoms with Gasteiger partial charge in [-0.2, -0.15) is 0 Å². The Bertz CT molecular complexity index is 1200. The number of nitrogens with two attached hydrogens (primary N) is 1. The molecule has 0 aromatic carbocycles. The van der Waals surface area contributed by atoms with E-state index in [2.05, 4.69) is 25.6 Å². The number of aromatic amines is 1. The zero-order valence-corrected chi connectivity index (χ0v) is 17.8. The Morgan fingerprint density at radius 2 is 1.90 bits per heavy atom. The summed E-state index contributed by atoms with van der Waals surface area (Å²) in [5, 5.41) is 14.2. The highest BCUT2D eigenvalue weighted by Crippen LogP contribution is 2.25. The van der Waals surface area contributed by atoms with Gasteiger partial charge in [0.2, 0.25) is 0 Å². The molecule has 3 rings (SSSR count). The Kier molecular flexibility index (Phi) is 6.15. The van der Waals surface area contributed by atoms with Gasteiger partial charge in [0.05, 0.1) is 11.9 Å². The molecule has 0 saturated heterocycles. The van der Waals surface area contributed by atoms with E-state index in [4.69, 9.17) is 11.1 Å². The molecule has 0 aliphatic carbocycles. The summed E-state index contributed by atoms with van der Waals surface area (Å²) in [4.78, 5) is 36.2. The first-order valence-corrected chi connectivity index (χ1v) is 9.75. The van der Waals surface area contributed by atoms with Crippen molar-refractivity contribution in [1.29, 1.82) is 5.41 Å². The number of hydrogen-bond donors (Lipinski definition) is 5. The first-order chi connectivity index (χ1) is 14.7. The first-order valence-electron chi connectivity index (χ1n) is 9.75. The van der Waals surface area contributed by atoms with Crippen molar-refractivity contribution in [2.24, 2.45) is 5.73 Å². The SMILES string of the molecule is C/C(N)=C(\C)C(=N)C(=O)Nc1cnc2[nH]c(-c3ccnc(C(=O)NC(C)C)c3)cc2c1. The van der Waals surface area contributed by atoms with Crippen LogP contribution in [0.3, 0.4) is 0 Å². The number of carbonyl (C=O) groups excluding carboxylic acids is 2. The van der Waals surface area contributed by atoms with Crippen molar-refractivity contribution in [2.75, 3.05) is 5.32 Å². The van der Waals surface area contributed by atoms with E-state index in [0.29, 0.717) is 28.3 Å². The largest absolute Gasteiger partial charge is 0.402 e. The molecule has 9 nitrogen and oxygen atoms in total. The maximum Gasteiger partial charge on any atom is 0.273 e. The van der Waals surface area contributed by atoms with Gasteiger partial charge in [-0.15, -0.1) is 0 Å². The predicted octanol–water partition coefficient (Wildman–Crippen LogP) is 2.97. The average Bonchev–Trinajstić information content (AvgIpc) is 3.15. The minimum atomic E-state index is -0.561. The Hall–Kier alpha value is -4.01. The molecule has 3 heterocycles. The number of aromatic nitrogens is 3. The predicted molar refractivity (Wildman–Crippen MR) is 121 cm³/mol. The Labute approximate surface area is 179 Å². The van der Waals surface area contributed by atoms with Crippen molar-refractivity contribution in [3.8, 4) is 11.3 Å². The normalized spacial score (nSPS) is 11.9. The molecular formula is C22H25N7O2. The molecular weight excluding hydrogens is 394 g/mol. The standard InChI is InChI=1S/C22H25N7O2/c1-11(2)27-21(30)18-8-14(5-6-25-18)17-9-15-7-16(10-26-20(15)29-17)28-22(31)19(24)12(3)13(4)23/h5-11,24H,23H2,1-4H3,(H,26,29)(H,27,30)(H,28,31)/b13-12-,24-19?. The lowest BCUT2D eigenvalue weighted by Crippen LogP contribution is -2.30. The number of hydrogen-bond acceptors (Lipinski definition) is 6. The van der Waals surface area contributed by atoms with Crippen LogP contribution >= 0.6 is 0 Å². The number of amides is 2. The number of rotatable bonds is 6. The van der Waals surface area contributed by atoms with E-state index in [0.717, 1.165) is 16.6 Å². The topological polar surface area (TPSA) is 150 Å². The van der Waals surface area contributed by atoms with Crippen molar-refractivity contribution in [3.63, 3.8) is 0 Å². The zero-order valence-electron chi connectivity index (χ0n) is 17.8. The molecule has 0 spiro atoms. The summed E-state index contributed by atoms with van der Waals surface area (Å²) in [5.74, 6) is -0.801. The zero-order chi connectivity index (χ0) is 22.7. The van der Waals surface area contributed by atoms with Crippen molar-refractivity contribution in [3.05, 3.63) is 53.6 Å². The number of H-pyrrole nitrogens is 1. The highest BCUT2D eigenvalue weighted by molar-refractivity contribution is 6.47. The Morgan fingerprint density at radius 3 is 2.58 bits per heavy atom. The molecule has 0 aliphatic heterocycles. The highest BCUT2D eigenvalue weighted by atomic mass is 16.2. The minimum Gasteiger partial charge on any atom is -0.402 e. The molecule has 0 unspecified atom stereocenters. The summed E-state index contributed by atoms with van der Waals surface area (Å²) < 4.78 is 0. The maximum absolute atomic E-state index is 12.3. The summed E-state index contributed by atoms with van der Waals surface area (Å²) in [7, 11) is 0. The van der Waals surface area contributed by atoms with Gasteiger partial charge in [0.15, 0.2) is 0 Å². The van der Waals surface area contributed by atoms with Crippen LogP contribution in [0.15, 0.2) is 47.9 Å². The minimum absolute atomic E-state index is 0.0124. The van der Waals surface area contributed by atoms with Gasteiger partial charge < -0.3 is 21.4 Å². The van der Waals surface area contributed by atoms with Crippen molar-refractivity contribution < 1.29 is 9.59 Å². The second kappa shape index (κ2) is 8.78. The summed E-state index contributed by atoms with van der Waals surface area (Å²) >= 11 is 0. The molecule has 9 heteroatoms. The number of nitrogens with one attached hydrogen (secondary N) is 4. The molecule has 0 atom stereocenters. The molecule has 0 radical (unpaired) electrons. The lowest BCUT2D eigenvalue weighted by molar-refractivity contribution is -0.110. The van der Waals surface area contributed by atoms with E-state index in [9.17, 15) is 9.59 Å². The summed E-state index contributed by atoms with van der Waals surface area (Å²) in [5.41, 5.74) is 9.27. The van der Waals surface area contributed by atoms with Gasteiger partial charge in [-0.05, 0) is 57.5 Å². The van der Waals surface area contributed by atoms with E-state index >= 15 is 0 Å². The van der Waals surface area contributed by atoms with Crippen LogP contribution in [0, 0.1) is 5.41 Å². The summed E-state index contributed by atoms with van der Waals surface area (Å²) in [6, 6.07) is 7.15. The maximum atomic E-state index is 12.3. The second-order valence-electron chi connectivity index (χ2n) is 7.54. The van der Waals surface area contributed by atoms with Crippen LogP contribution in [0.25, 0.3) is 22.3 Å². The molecule has 0 aliphatic rings. The van der Waals surface area contributed by atoms with E-state index < -0.39 is 5.91 Å². The van der Waals surface area contributed by atoms with Crippen molar-refractivity contribution >= 4 is 34.2 Å². The third-order valence-corrected chi connectivity index (χ3v) is 4.64. The van der Waals surface area contributed by atoms with E-state index in [1.165, 1.54) is 6.20 Å². The van der Waals surface area contributed by atoms with Crippen LogP contribution in [0.2, 0.25) is 0 Å². The monoisotopic (exact) mass is 419 g/mol. The van der Waals surface area contributed by atoms with Gasteiger partial charge in [0.1, 0.15) is 17.1 Å². The quantitative estimate of drug-likeness (QED) is 0.389. The molecule has 3 aromatic heterocycles. The van der Waals surface area contributed by atoms with Crippen LogP contribution in [0.1, 0.15) is 38.2 Å². The van der Waals surface area contributed by atoms with Crippen LogP contribution in [0.4, 0.5) is 5.69 Å². The molecule has 160 valence electrons. The lowest BCUT2D eigenvalue weighted by Gasteiger charge is -2.08. The van der Waals surface area contributed by atoms with Crippen LogP contribution in [-0.2, 0) is 4.79 Å². The molecule has 0 bridgehead atoms. The average molecular weight is 419 g/mol. The van der Waals surface area contributed by atoms with E-state index in [-0.39, 0.29) is 17.7 Å². The number of fused-ring (bicyclic) bond motifs is 1. The van der Waals surface area contributed by atoms with E-state index in [1.807, 2.05) is 19.9 Å². The Balaban J connectivity index is 1.85. The molecule has 0 saturated carbocycles. The fraction of sp³-hybridized carbons (Fsp3) is 0.227. The van der Waals surface area contributed by atoms with Crippen molar-refractivity contribution in [1.82, 2.24) is 20.3 Å². The number of pyridine rings is 2. The van der Waals surface area contributed by atoms with Gasteiger partial charge in [-0.1, -0.05) is 0 Å².